The van der Waals surface area contributed by atoms with Crippen LogP contribution in [0.2, 0.25) is 5.02 Å². The topological polar surface area (TPSA) is 60.9 Å². The Morgan fingerprint density at radius 1 is 1.03 bits per heavy atom. The maximum Gasteiger partial charge on any atom is 0.328 e. The second-order valence-corrected chi connectivity index (χ2v) is 11.1. The SMILES string of the molecule is [2H]C(c1ccc(-c2ccc(N(C)C)cc2)cc1Cl)N(C(=O)[C@@H]1C[C@@H]2CC[C@H]1C2)c1cc(F)cc(/C=C/C(=O)O)c1. The molecule has 2 saturated carbocycles. The molecule has 2 fully saturated rings. The number of benzene rings is 3. The highest BCUT2D eigenvalue weighted by Gasteiger charge is 2.44. The number of carboxylic acids is 1. The second kappa shape index (κ2) is 11.2. The molecule has 1 amide bonds. The van der Waals surface area contributed by atoms with Crippen LogP contribution >= 0.6 is 11.6 Å². The Morgan fingerprint density at radius 2 is 1.77 bits per heavy atom. The fourth-order valence-electron chi connectivity index (χ4n) is 5.89. The van der Waals surface area contributed by atoms with Gasteiger partial charge in [-0.25, -0.2) is 9.18 Å². The summed E-state index contributed by atoms with van der Waals surface area (Å²) in [5.74, 6) is -1.47. The van der Waals surface area contributed by atoms with Gasteiger partial charge in [-0.3, -0.25) is 4.79 Å². The van der Waals surface area contributed by atoms with E-state index in [0.29, 0.717) is 16.5 Å². The fraction of sp³-hybridized carbons (Fsp3) is 0.312. The van der Waals surface area contributed by atoms with Crippen molar-refractivity contribution in [1.29, 1.82) is 0 Å². The van der Waals surface area contributed by atoms with E-state index in [1.54, 1.807) is 18.2 Å². The molecule has 2 aliphatic rings. The van der Waals surface area contributed by atoms with Crippen molar-refractivity contribution in [3.8, 4) is 11.1 Å². The smallest absolute Gasteiger partial charge is 0.328 e. The molecular weight excluding hydrogens is 515 g/mol. The zero-order valence-corrected chi connectivity index (χ0v) is 22.7. The Hall–Kier alpha value is -3.64. The number of carbonyl (C=O) groups excluding carboxylic acids is 1. The van der Waals surface area contributed by atoms with Crippen LogP contribution in [0.5, 0.6) is 0 Å². The van der Waals surface area contributed by atoms with Crippen LogP contribution in [-0.2, 0) is 16.1 Å². The van der Waals surface area contributed by atoms with Crippen LogP contribution in [0.25, 0.3) is 17.2 Å². The van der Waals surface area contributed by atoms with Gasteiger partial charge in [0.15, 0.2) is 0 Å². The van der Waals surface area contributed by atoms with Gasteiger partial charge in [-0.05, 0) is 95.8 Å². The highest BCUT2D eigenvalue weighted by atomic mass is 35.5. The lowest BCUT2D eigenvalue weighted by atomic mass is 9.87. The van der Waals surface area contributed by atoms with Crippen LogP contribution in [-0.4, -0.2) is 31.1 Å². The third kappa shape index (κ3) is 6.01. The van der Waals surface area contributed by atoms with Crippen LogP contribution in [0.4, 0.5) is 15.8 Å². The average molecular weight is 548 g/mol. The minimum absolute atomic E-state index is 0.206. The number of hydrogen-bond donors (Lipinski definition) is 1. The van der Waals surface area contributed by atoms with Crippen molar-refractivity contribution in [1.82, 2.24) is 0 Å². The van der Waals surface area contributed by atoms with Crippen molar-refractivity contribution in [3.63, 3.8) is 0 Å². The number of anilines is 2. The van der Waals surface area contributed by atoms with Gasteiger partial charge < -0.3 is 14.9 Å². The van der Waals surface area contributed by atoms with Gasteiger partial charge in [0.25, 0.3) is 0 Å². The molecule has 2 bridgehead atoms. The summed E-state index contributed by atoms with van der Waals surface area (Å²) in [6, 6.07) is 17.4. The molecule has 5 rings (SSSR count). The molecule has 3 aromatic carbocycles. The molecule has 7 heteroatoms. The van der Waals surface area contributed by atoms with Gasteiger partial charge in [0, 0.05) is 42.5 Å². The first kappa shape index (κ1) is 25.6. The van der Waals surface area contributed by atoms with E-state index in [9.17, 15) is 15.4 Å². The average Bonchev–Trinajstić information content (AvgIpc) is 3.56. The molecule has 2 aliphatic carbocycles. The fourth-order valence-corrected chi connectivity index (χ4v) is 6.12. The van der Waals surface area contributed by atoms with E-state index in [-0.39, 0.29) is 29.0 Å². The molecule has 0 saturated heterocycles. The molecule has 5 nitrogen and oxygen atoms in total. The summed E-state index contributed by atoms with van der Waals surface area (Å²) in [6.45, 7) is -1.22. The number of hydrogen-bond acceptors (Lipinski definition) is 3. The lowest BCUT2D eigenvalue weighted by molar-refractivity contribution is -0.131. The minimum Gasteiger partial charge on any atom is -0.478 e. The van der Waals surface area contributed by atoms with Crippen LogP contribution in [0.1, 0.15) is 38.2 Å². The number of carboxylic acid groups (broad SMARTS) is 1. The lowest BCUT2D eigenvalue weighted by Gasteiger charge is -2.30. The number of carbonyl (C=O) groups is 2. The highest BCUT2D eigenvalue weighted by molar-refractivity contribution is 6.31. The van der Waals surface area contributed by atoms with Crippen LogP contribution in [0.15, 0.2) is 66.7 Å². The first-order valence-electron chi connectivity index (χ1n) is 13.7. The van der Waals surface area contributed by atoms with Crippen molar-refractivity contribution >= 4 is 40.9 Å². The molecule has 1 N–H and O–H groups in total. The number of halogens is 2. The number of amides is 1. The van der Waals surface area contributed by atoms with Gasteiger partial charge in [-0.1, -0.05) is 42.3 Å². The van der Waals surface area contributed by atoms with E-state index in [2.05, 4.69) is 0 Å². The molecule has 1 unspecified atom stereocenters. The van der Waals surface area contributed by atoms with Gasteiger partial charge in [0.05, 0.1) is 7.89 Å². The highest BCUT2D eigenvalue weighted by Crippen LogP contribution is 2.49. The summed E-state index contributed by atoms with van der Waals surface area (Å²) in [6.07, 6.45) is 6.06. The van der Waals surface area contributed by atoms with E-state index < -0.39 is 18.3 Å². The van der Waals surface area contributed by atoms with E-state index in [0.717, 1.165) is 48.6 Å². The minimum atomic E-state index is -1.22. The molecule has 39 heavy (non-hydrogen) atoms. The number of rotatable bonds is 8. The Balaban J connectivity index is 1.51. The standard InChI is InChI=1S/C32H32ClFN2O3/c1-35(2)27-10-8-22(9-11-27)23-6-7-25(30(33)17-23)19-36(32(39)29-16-20-3-5-24(29)13-20)28-15-21(4-12-31(37)38)14-26(34)18-28/h4,6-12,14-15,17-18,20,24,29H,3,5,13,16,19H2,1-2H3,(H,37,38)/b12-4+/t20-,24+,29-/m1/s1/i19D/t19?,20-,24+,29-. The second-order valence-electron chi connectivity index (χ2n) is 10.7. The van der Waals surface area contributed by atoms with Gasteiger partial charge in [0.1, 0.15) is 5.82 Å². The van der Waals surface area contributed by atoms with E-state index in [1.807, 2.05) is 49.3 Å². The Morgan fingerprint density at radius 3 is 2.38 bits per heavy atom. The first-order chi connectivity index (χ1) is 19.1. The molecule has 202 valence electrons. The number of fused-ring (bicyclic) bond motifs is 2. The van der Waals surface area contributed by atoms with Gasteiger partial charge in [-0.15, -0.1) is 0 Å². The normalized spacial score (nSPS) is 21.1. The molecule has 4 atom stereocenters. The van der Waals surface area contributed by atoms with E-state index in [4.69, 9.17) is 16.7 Å². The largest absolute Gasteiger partial charge is 0.478 e. The number of nitrogens with zero attached hydrogens (tertiary/aromatic N) is 2. The van der Waals surface area contributed by atoms with Crippen LogP contribution in [0, 0.1) is 23.6 Å². The van der Waals surface area contributed by atoms with Crippen molar-refractivity contribution in [3.05, 3.63) is 88.7 Å². The van der Waals surface area contributed by atoms with Gasteiger partial charge >= 0.3 is 5.97 Å². The number of aliphatic carboxylic acids is 1. The molecular formula is C32H32ClFN2O3. The molecule has 0 heterocycles. The molecule has 0 radical (unpaired) electrons. The van der Waals surface area contributed by atoms with Gasteiger partial charge in [0.2, 0.25) is 5.91 Å². The van der Waals surface area contributed by atoms with Crippen LogP contribution < -0.4 is 9.80 Å². The quantitative estimate of drug-likeness (QED) is 0.301. The van der Waals surface area contributed by atoms with E-state index in [1.165, 1.54) is 23.1 Å². The Kier molecular flexibility index (Phi) is 7.38. The summed E-state index contributed by atoms with van der Waals surface area (Å²) in [4.78, 5) is 28.4. The zero-order chi connectivity index (χ0) is 28.6. The van der Waals surface area contributed by atoms with Crippen molar-refractivity contribution < 1.29 is 20.5 Å². The first-order valence-corrected chi connectivity index (χ1v) is 13.5. The van der Waals surface area contributed by atoms with Crippen molar-refractivity contribution in [2.75, 3.05) is 23.9 Å². The Bertz CT molecular complexity index is 1460. The predicted molar refractivity (Wildman–Crippen MR) is 154 cm³/mol. The summed E-state index contributed by atoms with van der Waals surface area (Å²) in [5, 5.41) is 9.37. The summed E-state index contributed by atoms with van der Waals surface area (Å²) >= 11 is 6.75. The van der Waals surface area contributed by atoms with Gasteiger partial charge in [-0.2, -0.15) is 0 Å². The van der Waals surface area contributed by atoms with E-state index >= 15 is 0 Å². The van der Waals surface area contributed by atoms with Crippen LogP contribution in [0.3, 0.4) is 0 Å². The molecule has 0 aliphatic heterocycles. The summed E-state index contributed by atoms with van der Waals surface area (Å²) < 4.78 is 24.0. The molecule has 0 spiro atoms. The maximum absolute atomic E-state index is 14.8. The predicted octanol–water partition coefficient (Wildman–Crippen LogP) is 7.28. The summed E-state index contributed by atoms with van der Waals surface area (Å²) in [7, 11) is 3.95. The maximum atomic E-state index is 14.8. The molecule has 0 aromatic heterocycles. The van der Waals surface area contributed by atoms with Crippen molar-refractivity contribution in [2.45, 2.75) is 32.2 Å². The zero-order valence-electron chi connectivity index (χ0n) is 23.0. The summed E-state index contributed by atoms with van der Waals surface area (Å²) in [5.41, 5.74) is 3.84. The third-order valence-corrected chi connectivity index (χ3v) is 8.21. The third-order valence-electron chi connectivity index (χ3n) is 7.88. The lowest BCUT2D eigenvalue weighted by Crippen LogP contribution is -2.38. The monoisotopic (exact) mass is 547 g/mol. The molecule has 3 aromatic rings. The Labute approximate surface area is 234 Å². The van der Waals surface area contributed by atoms with Crippen molar-refractivity contribution in [2.24, 2.45) is 17.8 Å².